The molecule has 3 heteroatoms. The molecule has 2 rings (SSSR count). The maximum atomic E-state index is 5.90. The van der Waals surface area contributed by atoms with Gasteiger partial charge in [-0.25, -0.2) is 0 Å². The van der Waals surface area contributed by atoms with E-state index < -0.39 is 0 Å². The van der Waals surface area contributed by atoms with E-state index in [0.29, 0.717) is 6.61 Å². The highest BCUT2D eigenvalue weighted by atomic mass is 16.5. The van der Waals surface area contributed by atoms with Crippen molar-refractivity contribution in [3.8, 4) is 11.5 Å². The topological polar surface area (TPSA) is 30.5 Å². The highest BCUT2D eigenvalue weighted by Gasteiger charge is 2.05. The molecule has 0 saturated heterocycles. The van der Waals surface area contributed by atoms with Gasteiger partial charge >= 0.3 is 0 Å². The van der Waals surface area contributed by atoms with Gasteiger partial charge in [-0.15, -0.1) is 0 Å². The molecule has 0 spiro atoms. The minimum atomic E-state index is 0.674. The quantitative estimate of drug-likeness (QED) is 0.839. The van der Waals surface area contributed by atoms with Crippen LogP contribution in [0.1, 0.15) is 11.1 Å². The Morgan fingerprint density at radius 1 is 1.05 bits per heavy atom. The van der Waals surface area contributed by atoms with E-state index in [1.807, 2.05) is 31.3 Å². The van der Waals surface area contributed by atoms with Crippen LogP contribution in [0.2, 0.25) is 0 Å². The van der Waals surface area contributed by atoms with Gasteiger partial charge in [-0.2, -0.15) is 0 Å². The molecule has 0 fully saturated rings. The Hall–Kier alpha value is -2.00. The third-order valence-corrected chi connectivity index (χ3v) is 3.13. The second-order valence-electron chi connectivity index (χ2n) is 4.59. The van der Waals surface area contributed by atoms with Crippen molar-refractivity contribution in [1.82, 2.24) is 5.32 Å². The summed E-state index contributed by atoms with van der Waals surface area (Å²) in [6, 6.07) is 16.3. The zero-order valence-corrected chi connectivity index (χ0v) is 12.1. The fraction of sp³-hybridized carbons (Fsp3) is 0.294. The average molecular weight is 271 g/mol. The minimum Gasteiger partial charge on any atom is -0.497 e. The van der Waals surface area contributed by atoms with Gasteiger partial charge in [0, 0.05) is 18.5 Å². The summed E-state index contributed by atoms with van der Waals surface area (Å²) >= 11 is 0. The van der Waals surface area contributed by atoms with Crippen molar-refractivity contribution in [2.45, 2.75) is 13.0 Å². The number of ether oxygens (including phenoxy) is 2. The van der Waals surface area contributed by atoms with E-state index in [2.05, 4.69) is 29.6 Å². The molecule has 20 heavy (non-hydrogen) atoms. The number of rotatable bonds is 7. The molecule has 0 unspecified atom stereocenters. The van der Waals surface area contributed by atoms with Crippen LogP contribution in [-0.2, 0) is 13.0 Å². The largest absolute Gasteiger partial charge is 0.497 e. The van der Waals surface area contributed by atoms with Crippen molar-refractivity contribution < 1.29 is 9.47 Å². The first-order valence-corrected chi connectivity index (χ1v) is 6.81. The molecule has 0 bridgehead atoms. The summed E-state index contributed by atoms with van der Waals surface area (Å²) in [5.74, 6) is 1.77. The number of hydrogen-bond donors (Lipinski definition) is 1. The fourth-order valence-corrected chi connectivity index (χ4v) is 2.08. The second kappa shape index (κ2) is 7.56. The Labute approximate surface area is 120 Å². The maximum Gasteiger partial charge on any atom is 0.124 e. The first-order chi connectivity index (χ1) is 9.83. The Morgan fingerprint density at radius 3 is 2.55 bits per heavy atom. The van der Waals surface area contributed by atoms with Gasteiger partial charge in [0.2, 0.25) is 0 Å². The van der Waals surface area contributed by atoms with Gasteiger partial charge in [-0.3, -0.25) is 0 Å². The minimum absolute atomic E-state index is 0.674. The summed E-state index contributed by atoms with van der Waals surface area (Å²) in [5, 5.41) is 3.15. The van der Waals surface area contributed by atoms with E-state index in [0.717, 1.165) is 30.0 Å². The molecule has 0 amide bonds. The van der Waals surface area contributed by atoms with E-state index in [-0.39, 0.29) is 0 Å². The lowest BCUT2D eigenvalue weighted by atomic mass is 10.1. The smallest absolute Gasteiger partial charge is 0.124 e. The van der Waals surface area contributed by atoms with E-state index in [4.69, 9.17) is 9.47 Å². The molecule has 0 aliphatic rings. The van der Waals surface area contributed by atoms with Crippen molar-refractivity contribution in [3.63, 3.8) is 0 Å². The Kier molecular flexibility index (Phi) is 5.44. The lowest BCUT2D eigenvalue weighted by molar-refractivity contribution is 0.317. The second-order valence-corrected chi connectivity index (χ2v) is 4.59. The van der Waals surface area contributed by atoms with Crippen LogP contribution in [0.4, 0.5) is 0 Å². The summed E-state index contributed by atoms with van der Waals surface area (Å²) in [7, 11) is 3.60. The van der Waals surface area contributed by atoms with Crippen molar-refractivity contribution >= 4 is 0 Å². The molecule has 3 nitrogen and oxygen atoms in total. The summed E-state index contributed by atoms with van der Waals surface area (Å²) in [4.78, 5) is 0. The van der Waals surface area contributed by atoms with Crippen LogP contribution in [-0.4, -0.2) is 20.8 Å². The highest BCUT2D eigenvalue weighted by molar-refractivity contribution is 5.40. The SMILES string of the molecule is CNCc1cc(OC)ccc1OCCc1ccccc1. The zero-order chi connectivity index (χ0) is 14.2. The molecule has 106 valence electrons. The summed E-state index contributed by atoms with van der Waals surface area (Å²) in [6.45, 7) is 1.44. The third-order valence-electron chi connectivity index (χ3n) is 3.13. The number of hydrogen-bond acceptors (Lipinski definition) is 3. The van der Waals surface area contributed by atoms with Crippen LogP contribution in [0.5, 0.6) is 11.5 Å². The van der Waals surface area contributed by atoms with E-state index in [1.165, 1.54) is 5.56 Å². The van der Waals surface area contributed by atoms with Crippen LogP contribution < -0.4 is 14.8 Å². The van der Waals surface area contributed by atoms with E-state index >= 15 is 0 Å². The first kappa shape index (κ1) is 14.4. The van der Waals surface area contributed by atoms with Gasteiger partial charge in [-0.1, -0.05) is 30.3 Å². The van der Waals surface area contributed by atoms with Crippen molar-refractivity contribution in [2.75, 3.05) is 20.8 Å². The van der Waals surface area contributed by atoms with Gasteiger partial charge in [0.25, 0.3) is 0 Å². The molecule has 0 heterocycles. The van der Waals surface area contributed by atoms with Gasteiger partial charge in [0.05, 0.1) is 13.7 Å². The molecular weight excluding hydrogens is 250 g/mol. The van der Waals surface area contributed by atoms with Crippen LogP contribution >= 0.6 is 0 Å². The number of nitrogens with one attached hydrogen (secondary N) is 1. The highest BCUT2D eigenvalue weighted by Crippen LogP contribution is 2.24. The molecule has 2 aromatic carbocycles. The predicted octanol–water partition coefficient (Wildman–Crippen LogP) is 3.04. The Bertz CT molecular complexity index is 526. The van der Waals surface area contributed by atoms with Gasteiger partial charge in [-0.05, 0) is 30.8 Å². The number of benzene rings is 2. The molecule has 0 radical (unpaired) electrons. The molecule has 0 aliphatic heterocycles. The summed E-state index contributed by atoms with van der Waals surface area (Å²) < 4.78 is 11.1. The van der Waals surface area contributed by atoms with Crippen LogP contribution in [0.25, 0.3) is 0 Å². The summed E-state index contributed by atoms with van der Waals surface area (Å²) in [6.07, 6.45) is 0.909. The third kappa shape index (κ3) is 4.00. The molecule has 2 aromatic rings. The van der Waals surface area contributed by atoms with Crippen LogP contribution in [0, 0.1) is 0 Å². The molecule has 0 saturated carbocycles. The predicted molar refractivity (Wildman–Crippen MR) is 81.4 cm³/mol. The zero-order valence-electron chi connectivity index (χ0n) is 12.1. The van der Waals surface area contributed by atoms with Crippen LogP contribution in [0.3, 0.4) is 0 Å². The molecular formula is C17H21NO2. The van der Waals surface area contributed by atoms with Gasteiger partial charge < -0.3 is 14.8 Å². The first-order valence-electron chi connectivity index (χ1n) is 6.81. The molecule has 0 atom stereocenters. The Morgan fingerprint density at radius 2 is 1.85 bits per heavy atom. The standard InChI is InChI=1S/C17H21NO2/c1-18-13-15-12-16(19-2)8-9-17(15)20-11-10-14-6-4-3-5-7-14/h3-9,12,18H,10-11,13H2,1-2H3. The normalized spacial score (nSPS) is 10.3. The van der Waals surface area contributed by atoms with E-state index in [1.54, 1.807) is 7.11 Å². The maximum absolute atomic E-state index is 5.90. The fourth-order valence-electron chi connectivity index (χ4n) is 2.08. The lowest BCUT2D eigenvalue weighted by Gasteiger charge is -2.13. The van der Waals surface area contributed by atoms with Crippen molar-refractivity contribution in [1.29, 1.82) is 0 Å². The molecule has 0 aromatic heterocycles. The number of methoxy groups -OCH3 is 1. The summed E-state index contributed by atoms with van der Waals surface area (Å²) in [5.41, 5.74) is 2.40. The Balaban J connectivity index is 1.98. The average Bonchev–Trinajstić information content (AvgIpc) is 2.50. The molecule has 1 N–H and O–H groups in total. The van der Waals surface area contributed by atoms with Crippen molar-refractivity contribution in [2.24, 2.45) is 0 Å². The van der Waals surface area contributed by atoms with Crippen LogP contribution in [0.15, 0.2) is 48.5 Å². The molecule has 0 aliphatic carbocycles. The van der Waals surface area contributed by atoms with E-state index in [9.17, 15) is 0 Å². The van der Waals surface area contributed by atoms with Gasteiger partial charge in [0.1, 0.15) is 11.5 Å². The monoisotopic (exact) mass is 271 g/mol. The van der Waals surface area contributed by atoms with Crippen molar-refractivity contribution in [3.05, 3.63) is 59.7 Å². The van der Waals surface area contributed by atoms with Gasteiger partial charge in [0.15, 0.2) is 0 Å². The lowest BCUT2D eigenvalue weighted by Crippen LogP contribution is -2.09.